The molecule has 40 heavy (non-hydrogen) atoms. The number of carbonyl (C=O) groups is 4. The molecule has 0 fully saturated rings. The molecule has 2 aromatic rings. The highest BCUT2D eigenvalue weighted by atomic mass is 16.6. The molecule has 4 N–H and O–H groups in total. The summed E-state index contributed by atoms with van der Waals surface area (Å²) in [5, 5.41) is 5.51. The Morgan fingerprint density at radius 2 is 1.70 bits per heavy atom. The van der Waals surface area contributed by atoms with Gasteiger partial charge in [0, 0.05) is 18.2 Å². The third kappa shape index (κ3) is 9.59. The zero-order chi connectivity index (χ0) is 30.0. The number of aryl methyl sites for hydroxylation is 1. The van der Waals surface area contributed by atoms with Crippen LogP contribution in [-0.2, 0) is 19.1 Å². The molecular weight excluding hydrogens is 512 g/mol. The van der Waals surface area contributed by atoms with Crippen molar-refractivity contribution in [2.24, 2.45) is 5.73 Å². The van der Waals surface area contributed by atoms with Crippen LogP contribution in [0, 0.1) is 6.92 Å². The van der Waals surface area contributed by atoms with Gasteiger partial charge in [0.25, 0.3) is 5.91 Å². The van der Waals surface area contributed by atoms with E-state index < -0.39 is 47.5 Å². The van der Waals surface area contributed by atoms with Gasteiger partial charge in [0.15, 0.2) is 0 Å². The second-order valence-corrected chi connectivity index (χ2v) is 10.7. The van der Waals surface area contributed by atoms with Crippen molar-refractivity contribution in [3.63, 3.8) is 0 Å². The molecule has 2 aromatic carbocycles. The molecule has 0 bridgehead atoms. The van der Waals surface area contributed by atoms with E-state index in [4.69, 9.17) is 15.2 Å². The lowest BCUT2D eigenvalue weighted by molar-refractivity contribution is -0.143. The van der Waals surface area contributed by atoms with Crippen LogP contribution in [0.5, 0.6) is 5.75 Å². The normalized spacial score (nSPS) is 13.4. The van der Waals surface area contributed by atoms with Crippen molar-refractivity contribution in [2.75, 3.05) is 12.4 Å². The van der Waals surface area contributed by atoms with Gasteiger partial charge in [0.05, 0.1) is 7.11 Å². The fourth-order valence-corrected chi connectivity index (χ4v) is 4.13. The lowest BCUT2D eigenvalue weighted by atomic mass is 9.97. The van der Waals surface area contributed by atoms with Gasteiger partial charge < -0.3 is 30.7 Å². The molecule has 0 saturated carbocycles. The summed E-state index contributed by atoms with van der Waals surface area (Å²) in [7, 11) is 1.55. The molecule has 0 aliphatic rings. The summed E-state index contributed by atoms with van der Waals surface area (Å²) in [5.74, 6) is -0.949. The number of hydrogen-bond acceptors (Lipinski definition) is 6. The molecule has 2 rings (SSSR count). The minimum absolute atomic E-state index is 0.0546. The second kappa shape index (κ2) is 14.3. The topological polar surface area (TPSA) is 140 Å². The van der Waals surface area contributed by atoms with E-state index in [-0.39, 0.29) is 12.8 Å². The quantitative estimate of drug-likeness (QED) is 0.354. The average molecular weight is 555 g/mol. The fraction of sp³-hybridized carbons (Fsp3) is 0.467. The number of nitrogens with one attached hydrogen (secondary N) is 2. The van der Waals surface area contributed by atoms with Gasteiger partial charge in [-0.25, -0.2) is 4.79 Å². The smallest absolute Gasteiger partial charge is 0.408 e. The van der Waals surface area contributed by atoms with Crippen molar-refractivity contribution >= 4 is 29.5 Å². The maximum absolute atomic E-state index is 14.2. The number of primary amides is 1. The Balaban J connectivity index is 2.55. The Bertz CT molecular complexity index is 1180. The van der Waals surface area contributed by atoms with Crippen LogP contribution in [0.15, 0.2) is 48.5 Å². The number of hydrogen-bond donors (Lipinski definition) is 3. The van der Waals surface area contributed by atoms with Crippen LogP contribution in [0.1, 0.15) is 71.0 Å². The predicted molar refractivity (Wildman–Crippen MR) is 154 cm³/mol. The first-order valence-electron chi connectivity index (χ1n) is 13.4. The van der Waals surface area contributed by atoms with Crippen LogP contribution in [0.4, 0.5) is 10.5 Å². The first-order chi connectivity index (χ1) is 18.7. The van der Waals surface area contributed by atoms with Gasteiger partial charge in [-0.1, -0.05) is 36.8 Å². The largest absolute Gasteiger partial charge is 0.497 e. The molecule has 0 spiro atoms. The van der Waals surface area contributed by atoms with E-state index in [9.17, 15) is 19.2 Å². The minimum Gasteiger partial charge on any atom is -0.497 e. The van der Waals surface area contributed by atoms with Gasteiger partial charge in [-0.3, -0.25) is 14.4 Å². The van der Waals surface area contributed by atoms with E-state index in [2.05, 4.69) is 10.6 Å². The van der Waals surface area contributed by atoms with Gasteiger partial charge in [0.2, 0.25) is 11.8 Å². The number of carbonyl (C=O) groups excluding carboxylic acids is 4. The number of amides is 4. The SMILES string of the molecule is CCC(C)N(C(=O)C(CCC(N)=O)NC(=O)OC(C)(C)C)C(C(=O)Nc1ccc(OC)cc1)c1cccc(C)c1. The molecule has 0 heterocycles. The van der Waals surface area contributed by atoms with Crippen LogP contribution in [0.25, 0.3) is 0 Å². The Labute approximate surface area is 236 Å². The number of nitrogens with two attached hydrogens (primary N) is 1. The monoisotopic (exact) mass is 554 g/mol. The molecule has 10 heteroatoms. The number of benzene rings is 2. The number of nitrogens with zero attached hydrogens (tertiary/aromatic N) is 1. The van der Waals surface area contributed by atoms with Crippen LogP contribution in [0.2, 0.25) is 0 Å². The number of ether oxygens (including phenoxy) is 2. The molecule has 0 aliphatic heterocycles. The van der Waals surface area contributed by atoms with Gasteiger partial charge in [-0.15, -0.1) is 0 Å². The average Bonchev–Trinajstić information content (AvgIpc) is 2.88. The molecule has 0 aliphatic carbocycles. The first kappa shape index (κ1) is 32.1. The predicted octanol–water partition coefficient (Wildman–Crippen LogP) is 4.47. The highest BCUT2D eigenvalue weighted by Gasteiger charge is 2.38. The van der Waals surface area contributed by atoms with Crippen molar-refractivity contribution < 1.29 is 28.7 Å². The van der Waals surface area contributed by atoms with Crippen molar-refractivity contribution in [1.82, 2.24) is 10.2 Å². The van der Waals surface area contributed by atoms with E-state index in [0.717, 1.165) is 5.56 Å². The Morgan fingerprint density at radius 1 is 1.05 bits per heavy atom. The molecule has 0 saturated heterocycles. The maximum atomic E-state index is 14.2. The van der Waals surface area contributed by atoms with Crippen molar-refractivity contribution in [1.29, 1.82) is 0 Å². The summed E-state index contributed by atoms with van der Waals surface area (Å²) >= 11 is 0. The van der Waals surface area contributed by atoms with E-state index in [1.807, 2.05) is 39.0 Å². The van der Waals surface area contributed by atoms with E-state index >= 15 is 0 Å². The van der Waals surface area contributed by atoms with Crippen molar-refractivity contribution in [3.8, 4) is 5.75 Å². The number of methoxy groups -OCH3 is 1. The summed E-state index contributed by atoms with van der Waals surface area (Å²) < 4.78 is 10.6. The lowest BCUT2D eigenvalue weighted by Gasteiger charge is -2.38. The van der Waals surface area contributed by atoms with E-state index in [1.165, 1.54) is 4.90 Å². The molecule has 4 amide bonds. The molecule has 3 atom stereocenters. The van der Waals surface area contributed by atoms with Crippen molar-refractivity contribution in [3.05, 3.63) is 59.7 Å². The van der Waals surface area contributed by atoms with Gasteiger partial charge in [-0.2, -0.15) is 0 Å². The zero-order valence-electron chi connectivity index (χ0n) is 24.4. The molecule has 3 unspecified atom stereocenters. The standard InChI is InChI=1S/C30H42N4O6/c1-8-20(3)34(28(37)24(16-17-25(31)35)33-29(38)40-30(4,5)6)26(21-11-9-10-19(2)18-21)27(36)32-22-12-14-23(39-7)15-13-22/h9-15,18,20,24,26H,8,16-17H2,1-7H3,(H2,31,35)(H,32,36)(H,33,38). The summed E-state index contributed by atoms with van der Waals surface area (Å²) in [6.07, 6.45) is -0.484. The van der Waals surface area contributed by atoms with Crippen LogP contribution in [0.3, 0.4) is 0 Å². The van der Waals surface area contributed by atoms with Gasteiger partial charge in [-0.05, 0) is 77.3 Å². The summed E-state index contributed by atoms with van der Waals surface area (Å²) in [6.45, 7) is 10.7. The molecule has 0 aromatic heterocycles. The highest BCUT2D eigenvalue weighted by Crippen LogP contribution is 2.29. The molecular formula is C30H42N4O6. The third-order valence-corrected chi connectivity index (χ3v) is 6.23. The molecule has 218 valence electrons. The maximum Gasteiger partial charge on any atom is 0.408 e. The first-order valence-corrected chi connectivity index (χ1v) is 13.4. The third-order valence-electron chi connectivity index (χ3n) is 6.23. The number of alkyl carbamates (subject to hydrolysis) is 1. The lowest BCUT2D eigenvalue weighted by Crippen LogP contribution is -2.55. The highest BCUT2D eigenvalue weighted by molar-refractivity contribution is 5.99. The summed E-state index contributed by atoms with van der Waals surface area (Å²) in [4.78, 5) is 53.9. The van der Waals surface area contributed by atoms with E-state index in [0.29, 0.717) is 23.4 Å². The Hall–Kier alpha value is -4.08. The summed E-state index contributed by atoms with van der Waals surface area (Å²) in [6, 6.07) is 11.6. The van der Waals surface area contributed by atoms with E-state index in [1.54, 1.807) is 58.2 Å². The van der Waals surface area contributed by atoms with Crippen LogP contribution >= 0.6 is 0 Å². The van der Waals surface area contributed by atoms with Crippen LogP contribution in [-0.4, -0.2) is 53.5 Å². The second-order valence-electron chi connectivity index (χ2n) is 10.7. The van der Waals surface area contributed by atoms with Gasteiger partial charge in [0.1, 0.15) is 23.4 Å². The zero-order valence-corrected chi connectivity index (χ0v) is 24.4. The Morgan fingerprint density at radius 3 is 2.23 bits per heavy atom. The van der Waals surface area contributed by atoms with Crippen molar-refractivity contribution in [2.45, 2.75) is 84.5 Å². The number of anilines is 1. The van der Waals surface area contributed by atoms with Crippen LogP contribution < -0.4 is 21.1 Å². The summed E-state index contributed by atoms with van der Waals surface area (Å²) in [5.41, 5.74) is 6.61. The number of rotatable bonds is 12. The van der Waals surface area contributed by atoms with Gasteiger partial charge >= 0.3 is 6.09 Å². The fourth-order valence-electron chi connectivity index (χ4n) is 4.13. The minimum atomic E-state index is -1.16. The molecule has 0 radical (unpaired) electrons. The Kier molecular flexibility index (Phi) is 11.5. The molecule has 10 nitrogen and oxygen atoms in total.